The molecule has 4 heteroatoms. The van der Waals surface area contributed by atoms with Crippen LogP contribution in [0.3, 0.4) is 0 Å². The molecule has 1 saturated heterocycles. The number of benzene rings is 1. The van der Waals surface area contributed by atoms with Gasteiger partial charge in [-0.05, 0) is 43.5 Å². The summed E-state index contributed by atoms with van der Waals surface area (Å²) in [6.07, 6.45) is 3.68. The van der Waals surface area contributed by atoms with Crippen molar-refractivity contribution in [2.24, 2.45) is 0 Å². The zero-order chi connectivity index (χ0) is 12.3. The van der Waals surface area contributed by atoms with E-state index in [1.165, 1.54) is 25.0 Å². The van der Waals surface area contributed by atoms with E-state index in [2.05, 4.69) is 21.2 Å². The number of halogens is 2. The zero-order valence-electron chi connectivity index (χ0n) is 9.63. The van der Waals surface area contributed by atoms with Crippen molar-refractivity contribution in [3.05, 3.63) is 34.1 Å². The van der Waals surface area contributed by atoms with Gasteiger partial charge in [-0.25, -0.2) is 4.39 Å². The molecule has 0 amide bonds. The Labute approximate surface area is 109 Å². The largest absolute Gasteiger partial charge is 0.388 e. The zero-order valence-corrected chi connectivity index (χ0v) is 11.2. The van der Waals surface area contributed by atoms with Gasteiger partial charge in [-0.2, -0.15) is 0 Å². The summed E-state index contributed by atoms with van der Waals surface area (Å²) in [5.41, 5.74) is 0.763. The van der Waals surface area contributed by atoms with Crippen LogP contribution in [-0.4, -0.2) is 17.7 Å². The van der Waals surface area contributed by atoms with Crippen molar-refractivity contribution in [3.63, 3.8) is 0 Å². The highest BCUT2D eigenvalue weighted by atomic mass is 79.9. The van der Waals surface area contributed by atoms with Gasteiger partial charge in [-0.3, -0.25) is 0 Å². The molecule has 2 atom stereocenters. The average Bonchev–Trinajstić information content (AvgIpc) is 2.30. The van der Waals surface area contributed by atoms with Gasteiger partial charge in [0.15, 0.2) is 0 Å². The third kappa shape index (κ3) is 3.50. The standard InChI is InChI=1S/C13H17BrFNO/c14-12-7-9(15)4-5-11(12)13(17)8-10-3-1-2-6-16-10/h4-5,7,10,13,16-17H,1-3,6,8H2. The SMILES string of the molecule is OC(CC1CCCCN1)c1ccc(F)cc1Br. The molecule has 2 rings (SSSR count). The van der Waals surface area contributed by atoms with Crippen molar-refractivity contribution < 1.29 is 9.50 Å². The van der Waals surface area contributed by atoms with E-state index < -0.39 is 6.10 Å². The van der Waals surface area contributed by atoms with Crippen LogP contribution in [0.4, 0.5) is 4.39 Å². The Bertz CT molecular complexity index is 380. The third-order valence-corrected chi connectivity index (χ3v) is 3.93. The summed E-state index contributed by atoms with van der Waals surface area (Å²) in [6.45, 7) is 1.03. The second-order valence-electron chi connectivity index (χ2n) is 4.56. The normalized spacial score (nSPS) is 22.4. The lowest BCUT2D eigenvalue weighted by atomic mass is 9.96. The quantitative estimate of drug-likeness (QED) is 0.899. The number of piperidine rings is 1. The summed E-state index contributed by atoms with van der Waals surface area (Å²) in [4.78, 5) is 0. The highest BCUT2D eigenvalue weighted by Gasteiger charge is 2.19. The minimum absolute atomic E-state index is 0.288. The predicted octanol–water partition coefficient (Wildman–Crippen LogP) is 3.15. The van der Waals surface area contributed by atoms with Gasteiger partial charge in [-0.15, -0.1) is 0 Å². The predicted molar refractivity (Wildman–Crippen MR) is 69.3 cm³/mol. The molecule has 2 unspecified atom stereocenters. The van der Waals surface area contributed by atoms with Gasteiger partial charge in [0.05, 0.1) is 6.10 Å². The molecular weight excluding hydrogens is 285 g/mol. The van der Waals surface area contributed by atoms with Crippen molar-refractivity contribution in [3.8, 4) is 0 Å². The Balaban J connectivity index is 2.00. The first-order chi connectivity index (χ1) is 8.16. The molecule has 2 nitrogen and oxygen atoms in total. The van der Waals surface area contributed by atoms with Crippen LogP contribution < -0.4 is 5.32 Å². The first-order valence-corrected chi connectivity index (χ1v) is 6.82. The monoisotopic (exact) mass is 301 g/mol. The lowest BCUT2D eigenvalue weighted by Crippen LogP contribution is -2.35. The number of nitrogens with one attached hydrogen (secondary N) is 1. The fourth-order valence-electron chi connectivity index (χ4n) is 2.29. The molecule has 1 aromatic carbocycles. The molecule has 17 heavy (non-hydrogen) atoms. The molecule has 0 saturated carbocycles. The second kappa shape index (κ2) is 5.94. The molecule has 0 aromatic heterocycles. The van der Waals surface area contributed by atoms with Crippen molar-refractivity contribution in [1.82, 2.24) is 5.32 Å². The van der Waals surface area contributed by atoms with Gasteiger partial charge in [0, 0.05) is 10.5 Å². The maximum Gasteiger partial charge on any atom is 0.124 e. The van der Waals surface area contributed by atoms with Crippen LogP contribution in [0.2, 0.25) is 0 Å². The molecule has 0 bridgehead atoms. The lowest BCUT2D eigenvalue weighted by molar-refractivity contribution is 0.144. The molecule has 1 heterocycles. The van der Waals surface area contributed by atoms with Gasteiger partial charge in [0.2, 0.25) is 0 Å². The molecule has 0 radical (unpaired) electrons. The van der Waals surface area contributed by atoms with Crippen LogP contribution in [0.15, 0.2) is 22.7 Å². The topological polar surface area (TPSA) is 32.3 Å². The highest BCUT2D eigenvalue weighted by Crippen LogP contribution is 2.28. The molecule has 1 aliphatic rings. The van der Waals surface area contributed by atoms with E-state index in [9.17, 15) is 9.50 Å². The molecule has 2 N–H and O–H groups in total. The van der Waals surface area contributed by atoms with E-state index in [0.29, 0.717) is 16.9 Å². The van der Waals surface area contributed by atoms with Crippen LogP contribution in [0, 0.1) is 5.82 Å². The second-order valence-corrected chi connectivity index (χ2v) is 5.42. The van der Waals surface area contributed by atoms with Crippen molar-refractivity contribution in [1.29, 1.82) is 0 Å². The summed E-state index contributed by atoms with van der Waals surface area (Å²) >= 11 is 3.29. The molecule has 1 fully saturated rings. The Morgan fingerprint density at radius 2 is 2.29 bits per heavy atom. The number of rotatable bonds is 3. The first-order valence-electron chi connectivity index (χ1n) is 6.03. The summed E-state index contributed by atoms with van der Waals surface area (Å²) in [5, 5.41) is 13.6. The van der Waals surface area contributed by atoms with Gasteiger partial charge in [-0.1, -0.05) is 28.4 Å². The fraction of sp³-hybridized carbons (Fsp3) is 0.538. The molecule has 0 spiro atoms. The summed E-state index contributed by atoms with van der Waals surface area (Å²) < 4.78 is 13.6. The van der Waals surface area contributed by atoms with E-state index in [0.717, 1.165) is 18.5 Å². The van der Waals surface area contributed by atoms with E-state index >= 15 is 0 Å². The smallest absolute Gasteiger partial charge is 0.124 e. The van der Waals surface area contributed by atoms with Crippen LogP contribution in [0.1, 0.15) is 37.4 Å². The number of aliphatic hydroxyl groups excluding tert-OH is 1. The van der Waals surface area contributed by atoms with E-state index in [1.807, 2.05) is 0 Å². The van der Waals surface area contributed by atoms with E-state index in [1.54, 1.807) is 6.07 Å². The summed E-state index contributed by atoms with van der Waals surface area (Å²) in [5.74, 6) is -0.288. The Hall–Kier alpha value is -0.450. The van der Waals surface area contributed by atoms with Crippen LogP contribution >= 0.6 is 15.9 Å². The van der Waals surface area contributed by atoms with Crippen molar-refractivity contribution in [2.45, 2.75) is 37.8 Å². The van der Waals surface area contributed by atoms with E-state index in [-0.39, 0.29) is 5.82 Å². The minimum Gasteiger partial charge on any atom is -0.388 e. The minimum atomic E-state index is -0.541. The first kappa shape index (κ1) is 13.0. The average molecular weight is 302 g/mol. The Morgan fingerprint density at radius 3 is 2.94 bits per heavy atom. The molecule has 94 valence electrons. The Morgan fingerprint density at radius 1 is 1.47 bits per heavy atom. The maximum atomic E-state index is 12.9. The van der Waals surface area contributed by atoms with Gasteiger partial charge >= 0.3 is 0 Å². The number of hydrogen-bond acceptors (Lipinski definition) is 2. The van der Waals surface area contributed by atoms with Crippen LogP contribution in [0.25, 0.3) is 0 Å². The molecular formula is C13H17BrFNO. The Kier molecular flexibility index (Phi) is 4.54. The molecule has 1 aromatic rings. The van der Waals surface area contributed by atoms with Crippen LogP contribution in [0.5, 0.6) is 0 Å². The van der Waals surface area contributed by atoms with Gasteiger partial charge < -0.3 is 10.4 Å². The lowest BCUT2D eigenvalue weighted by Gasteiger charge is -2.26. The number of hydrogen-bond donors (Lipinski definition) is 2. The van der Waals surface area contributed by atoms with E-state index in [4.69, 9.17) is 0 Å². The molecule has 1 aliphatic heterocycles. The maximum absolute atomic E-state index is 12.9. The summed E-state index contributed by atoms with van der Waals surface area (Å²) in [6, 6.07) is 4.80. The van der Waals surface area contributed by atoms with Crippen molar-refractivity contribution in [2.75, 3.05) is 6.54 Å². The molecule has 0 aliphatic carbocycles. The third-order valence-electron chi connectivity index (χ3n) is 3.24. The van der Waals surface area contributed by atoms with Gasteiger partial charge in [0.1, 0.15) is 5.82 Å². The summed E-state index contributed by atoms with van der Waals surface area (Å²) in [7, 11) is 0. The van der Waals surface area contributed by atoms with Gasteiger partial charge in [0.25, 0.3) is 0 Å². The van der Waals surface area contributed by atoms with Crippen LogP contribution in [-0.2, 0) is 0 Å². The number of aliphatic hydroxyl groups is 1. The fourth-order valence-corrected chi connectivity index (χ4v) is 2.91. The highest BCUT2D eigenvalue weighted by molar-refractivity contribution is 9.10. The van der Waals surface area contributed by atoms with Crippen molar-refractivity contribution >= 4 is 15.9 Å².